The van der Waals surface area contributed by atoms with E-state index in [1.165, 1.54) is 12.1 Å². The molecule has 4 aromatic rings. The summed E-state index contributed by atoms with van der Waals surface area (Å²) in [5.41, 5.74) is 2.59. The van der Waals surface area contributed by atoms with Crippen molar-refractivity contribution < 1.29 is 18.0 Å². The molecule has 4 nitrogen and oxygen atoms in total. The molecule has 0 saturated carbocycles. The van der Waals surface area contributed by atoms with Crippen molar-refractivity contribution >= 4 is 11.4 Å². The smallest absolute Gasteiger partial charge is 0.294 e. The summed E-state index contributed by atoms with van der Waals surface area (Å²) in [6.45, 7) is 1.77. The Hall–Kier alpha value is -3.92. The molecular weight excluding hydrogens is 403 g/mol. The summed E-state index contributed by atoms with van der Waals surface area (Å²) in [4.78, 5) is 17.0. The van der Waals surface area contributed by atoms with E-state index in [4.69, 9.17) is 0 Å². The van der Waals surface area contributed by atoms with Crippen LogP contribution in [0.4, 0.5) is 13.2 Å². The number of rotatable bonds is 3. The number of hydrogen-bond acceptors (Lipinski definition) is 3. The zero-order valence-corrected chi connectivity index (χ0v) is 16.4. The Kier molecular flexibility index (Phi) is 5.30. The van der Waals surface area contributed by atoms with Crippen molar-refractivity contribution in [3.8, 4) is 11.8 Å². The molecule has 0 fully saturated rings. The highest BCUT2D eigenvalue weighted by molar-refractivity contribution is 5.99. The summed E-state index contributed by atoms with van der Waals surface area (Å²) in [5.74, 6) is 5.79. The molecule has 0 saturated heterocycles. The summed E-state index contributed by atoms with van der Waals surface area (Å²) in [7, 11) is 0. The maximum Gasteiger partial charge on any atom is 0.416 e. The average Bonchev–Trinajstić information content (AvgIpc) is 3.16. The van der Waals surface area contributed by atoms with Crippen molar-refractivity contribution in [1.29, 1.82) is 0 Å². The van der Waals surface area contributed by atoms with E-state index in [-0.39, 0.29) is 12.2 Å². The van der Waals surface area contributed by atoms with Crippen molar-refractivity contribution in [2.45, 2.75) is 19.5 Å². The van der Waals surface area contributed by atoms with Gasteiger partial charge in [-0.3, -0.25) is 4.79 Å². The van der Waals surface area contributed by atoms with Crippen LogP contribution in [0.3, 0.4) is 0 Å². The number of fused-ring (bicyclic) bond motifs is 1. The molecule has 0 aliphatic rings. The lowest BCUT2D eigenvalue weighted by molar-refractivity contribution is -0.137. The van der Waals surface area contributed by atoms with Gasteiger partial charge in [-0.05, 0) is 48.2 Å². The Morgan fingerprint density at radius 2 is 1.87 bits per heavy atom. The molecule has 0 amide bonds. The number of nitrogens with zero attached hydrogens (tertiary/aromatic N) is 3. The number of benzene rings is 2. The van der Waals surface area contributed by atoms with Gasteiger partial charge in [0.05, 0.1) is 11.8 Å². The van der Waals surface area contributed by atoms with Crippen LogP contribution in [0.1, 0.15) is 38.3 Å². The Morgan fingerprint density at radius 3 is 2.68 bits per heavy atom. The standard InChI is InChI=1S/C24H16F3N3O/c1-16-18(10-11-20-15-28-23-9-4-12-29-30(20)23)6-3-8-21(16)22(31)14-17-5-2-7-19(13-17)24(25,26)27/h2-9,12-13,15H,14H2,1H3. The van der Waals surface area contributed by atoms with Gasteiger partial charge in [-0.15, -0.1) is 0 Å². The van der Waals surface area contributed by atoms with Gasteiger partial charge in [-0.2, -0.15) is 18.3 Å². The lowest BCUT2D eigenvalue weighted by atomic mass is 9.95. The highest BCUT2D eigenvalue weighted by Gasteiger charge is 2.30. The first-order valence-electron chi connectivity index (χ1n) is 9.42. The third-order valence-corrected chi connectivity index (χ3v) is 4.86. The third-order valence-electron chi connectivity index (χ3n) is 4.86. The number of alkyl halides is 3. The molecule has 0 unspecified atom stereocenters. The van der Waals surface area contributed by atoms with Crippen molar-refractivity contribution in [1.82, 2.24) is 14.6 Å². The Balaban J connectivity index is 1.60. The molecule has 0 spiro atoms. The summed E-state index contributed by atoms with van der Waals surface area (Å²) in [6, 6.07) is 13.6. The van der Waals surface area contributed by atoms with E-state index >= 15 is 0 Å². The van der Waals surface area contributed by atoms with Crippen LogP contribution in [0.2, 0.25) is 0 Å². The van der Waals surface area contributed by atoms with Gasteiger partial charge in [0.1, 0.15) is 5.69 Å². The highest BCUT2D eigenvalue weighted by Crippen LogP contribution is 2.30. The highest BCUT2D eigenvalue weighted by atomic mass is 19.4. The number of halogens is 3. The quantitative estimate of drug-likeness (QED) is 0.351. The molecule has 154 valence electrons. The predicted molar refractivity (Wildman–Crippen MR) is 110 cm³/mol. The van der Waals surface area contributed by atoms with Crippen molar-refractivity contribution in [2.75, 3.05) is 0 Å². The van der Waals surface area contributed by atoms with E-state index in [0.29, 0.717) is 33.6 Å². The molecule has 2 heterocycles. The number of hydrogen-bond donors (Lipinski definition) is 0. The molecule has 31 heavy (non-hydrogen) atoms. The van der Waals surface area contributed by atoms with Gasteiger partial charge in [0.2, 0.25) is 0 Å². The first kappa shape index (κ1) is 20.4. The molecule has 0 atom stereocenters. The second-order valence-corrected chi connectivity index (χ2v) is 6.96. The molecule has 0 N–H and O–H groups in total. The van der Waals surface area contributed by atoms with Gasteiger partial charge in [0, 0.05) is 23.7 Å². The molecule has 0 bridgehead atoms. The minimum Gasteiger partial charge on any atom is -0.294 e. The minimum atomic E-state index is -4.45. The summed E-state index contributed by atoms with van der Waals surface area (Å²) in [6.07, 6.45) is -1.32. The second kappa shape index (κ2) is 8.07. The van der Waals surface area contributed by atoms with Crippen molar-refractivity contribution in [2.24, 2.45) is 0 Å². The SMILES string of the molecule is Cc1c(C#Cc2cnc3cccnn23)cccc1C(=O)Cc1cccc(C(F)(F)F)c1. The zero-order valence-electron chi connectivity index (χ0n) is 16.4. The minimum absolute atomic E-state index is 0.126. The van der Waals surface area contributed by atoms with E-state index in [0.717, 1.165) is 12.1 Å². The first-order valence-corrected chi connectivity index (χ1v) is 9.42. The van der Waals surface area contributed by atoms with Crippen molar-refractivity contribution in [3.63, 3.8) is 0 Å². The maximum atomic E-state index is 12.9. The summed E-state index contributed by atoms with van der Waals surface area (Å²) in [5, 5.41) is 4.21. The number of carbonyl (C=O) groups excluding carboxylic acids is 1. The Labute approximate surface area is 176 Å². The molecule has 4 rings (SSSR count). The van der Waals surface area contributed by atoms with Crippen LogP contribution in [0, 0.1) is 18.8 Å². The van der Waals surface area contributed by atoms with Crippen LogP contribution in [0.5, 0.6) is 0 Å². The van der Waals surface area contributed by atoms with Gasteiger partial charge < -0.3 is 0 Å². The van der Waals surface area contributed by atoms with Gasteiger partial charge in [0.15, 0.2) is 11.4 Å². The predicted octanol–water partition coefficient (Wildman–Crippen LogP) is 4.88. The van der Waals surface area contributed by atoms with E-state index in [1.54, 1.807) is 48.1 Å². The number of ketones is 1. The summed E-state index contributed by atoms with van der Waals surface area (Å²) >= 11 is 0. The van der Waals surface area contributed by atoms with Crippen LogP contribution >= 0.6 is 0 Å². The van der Waals surface area contributed by atoms with E-state index < -0.39 is 11.7 Å². The Morgan fingerprint density at radius 1 is 1.06 bits per heavy atom. The summed E-state index contributed by atoms with van der Waals surface area (Å²) < 4.78 is 40.4. The molecule has 0 aliphatic heterocycles. The third kappa shape index (κ3) is 4.33. The number of aromatic nitrogens is 3. The van der Waals surface area contributed by atoms with Crippen LogP contribution in [-0.4, -0.2) is 20.4 Å². The topological polar surface area (TPSA) is 47.3 Å². The fourth-order valence-electron chi connectivity index (χ4n) is 3.26. The maximum absolute atomic E-state index is 12.9. The fourth-order valence-corrected chi connectivity index (χ4v) is 3.26. The van der Waals surface area contributed by atoms with E-state index in [9.17, 15) is 18.0 Å². The van der Waals surface area contributed by atoms with Crippen LogP contribution in [0.15, 0.2) is 67.0 Å². The molecule has 7 heteroatoms. The van der Waals surface area contributed by atoms with Crippen LogP contribution in [-0.2, 0) is 12.6 Å². The van der Waals surface area contributed by atoms with Crippen molar-refractivity contribution in [3.05, 3.63) is 101 Å². The van der Waals surface area contributed by atoms with Crippen LogP contribution in [0.25, 0.3) is 5.65 Å². The van der Waals surface area contributed by atoms with Gasteiger partial charge in [-0.25, -0.2) is 9.50 Å². The van der Waals surface area contributed by atoms with E-state index in [1.807, 2.05) is 6.07 Å². The second-order valence-electron chi connectivity index (χ2n) is 6.96. The Bertz CT molecular complexity index is 1340. The largest absolute Gasteiger partial charge is 0.416 e. The van der Waals surface area contributed by atoms with E-state index in [2.05, 4.69) is 21.9 Å². The number of imidazole rings is 1. The van der Waals surface area contributed by atoms with Gasteiger partial charge in [0.25, 0.3) is 0 Å². The lowest BCUT2D eigenvalue weighted by Crippen LogP contribution is -2.09. The zero-order chi connectivity index (χ0) is 22.0. The lowest BCUT2D eigenvalue weighted by Gasteiger charge is -2.10. The first-order chi connectivity index (χ1) is 14.8. The monoisotopic (exact) mass is 419 g/mol. The normalized spacial score (nSPS) is 11.2. The van der Waals surface area contributed by atoms with Crippen LogP contribution < -0.4 is 0 Å². The van der Waals surface area contributed by atoms with Gasteiger partial charge in [-0.1, -0.05) is 36.3 Å². The molecule has 2 aromatic heterocycles. The molecule has 2 aromatic carbocycles. The average molecular weight is 419 g/mol. The van der Waals surface area contributed by atoms with Gasteiger partial charge >= 0.3 is 6.18 Å². The fraction of sp³-hybridized carbons (Fsp3) is 0.125. The molecule has 0 radical (unpaired) electrons. The molecular formula is C24H16F3N3O. The molecule has 0 aliphatic carbocycles. The number of Topliss-reactive ketones (excluding diaryl/α,β-unsaturated/α-hetero) is 1. The number of carbonyl (C=O) groups is 1.